The molecule has 1 saturated heterocycles. The standard InChI is InChI=1S/C55H82N12O16/c1-7-13-36(54(81)67-21-12-16-42(67)53(80)66-46(55(82)83)31(5)8-2)61-48(75)37(22-30(3)4)63-49(76)39(24-34-17-19-35(70)20-18-34)64-52(79)41(29-69)65-50(77)38(23-33-14-10-9-11-15-33)62-47(74)32(6)59-51(78)40(28-68)60-45(73)27-58-44(72)26-57-43(71)25-56/h9-11,14-15,17-20,30-32,36-42,46,68-70H,7-8,12-13,16,21-29,56H2,1-6H3,(H,57,71)(H,58,72)(H,59,78)(H,60,73)(H,61,75)(H,62,74)(H,63,76)(H,64,79)(H,65,77)(H,66,80)(H,82,83)/t31-,32-,36-,37-,38-,39-,40+,41+,42-,46-/m0/s1. The van der Waals surface area contributed by atoms with Gasteiger partial charge in [0.25, 0.3) is 0 Å². The van der Waals surface area contributed by atoms with Gasteiger partial charge >= 0.3 is 5.97 Å². The van der Waals surface area contributed by atoms with Crippen molar-refractivity contribution in [3.05, 3.63) is 65.7 Å². The van der Waals surface area contributed by atoms with E-state index in [1.54, 1.807) is 65.0 Å². The first-order valence-corrected chi connectivity index (χ1v) is 27.6. The zero-order valence-electron chi connectivity index (χ0n) is 47.7. The maximum absolute atomic E-state index is 14.4. The van der Waals surface area contributed by atoms with Crippen molar-refractivity contribution in [1.82, 2.24) is 58.1 Å². The first kappa shape index (κ1) is 69.0. The Bertz CT molecular complexity index is 2560. The van der Waals surface area contributed by atoms with Crippen molar-refractivity contribution in [2.24, 2.45) is 17.6 Å². The van der Waals surface area contributed by atoms with E-state index >= 15 is 0 Å². The van der Waals surface area contributed by atoms with Crippen LogP contribution in [0.5, 0.6) is 5.75 Å². The molecule has 28 heteroatoms. The minimum atomic E-state index is -1.77. The van der Waals surface area contributed by atoms with Crippen LogP contribution in [0.2, 0.25) is 0 Å². The molecule has 0 unspecified atom stereocenters. The monoisotopic (exact) mass is 1170 g/mol. The van der Waals surface area contributed by atoms with Crippen LogP contribution in [0, 0.1) is 11.8 Å². The average Bonchev–Trinajstić information content (AvgIpc) is 3.96. The van der Waals surface area contributed by atoms with Gasteiger partial charge in [-0.25, -0.2) is 4.79 Å². The summed E-state index contributed by atoms with van der Waals surface area (Å²) in [6.07, 6.45) is 1.33. The van der Waals surface area contributed by atoms with E-state index < -0.39 is 158 Å². The number of aliphatic carboxylic acids is 1. The van der Waals surface area contributed by atoms with Gasteiger partial charge in [0.2, 0.25) is 65.0 Å². The third kappa shape index (κ3) is 22.9. The lowest BCUT2D eigenvalue weighted by atomic mass is 9.98. The molecule has 2 aromatic rings. The van der Waals surface area contributed by atoms with E-state index in [4.69, 9.17) is 5.73 Å². The Morgan fingerprint density at radius 2 is 1.08 bits per heavy atom. The Morgan fingerprint density at radius 3 is 1.64 bits per heavy atom. The Morgan fingerprint density at radius 1 is 0.590 bits per heavy atom. The normalized spacial score (nSPS) is 16.1. The van der Waals surface area contributed by atoms with Crippen molar-refractivity contribution in [3.8, 4) is 5.75 Å². The molecule has 0 aromatic heterocycles. The summed E-state index contributed by atoms with van der Waals surface area (Å²) in [6.45, 7) is 6.76. The molecule has 0 radical (unpaired) electrons. The van der Waals surface area contributed by atoms with E-state index in [-0.39, 0.29) is 56.9 Å². The molecule has 0 aliphatic carbocycles. The molecule has 10 atom stereocenters. The summed E-state index contributed by atoms with van der Waals surface area (Å²) < 4.78 is 0. The van der Waals surface area contributed by atoms with Crippen molar-refractivity contribution in [1.29, 1.82) is 0 Å². The molecule has 458 valence electrons. The number of rotatable bonds is 34. The first-order valence-electron chi connectivity index (χ1n) is 27.6. The lowest BCUT2D eigenvalue weighted by Gasteiger charge is -2.31. The van der Waals surface area contributed by atoms with Gasteiger partial charge in [-0.05, 0) is 67.7 Å². The fourth-order valence-corrected chi connectivity index (χ4v) is 8.71. The van der Waals surface area contributed by atoms with E-state index in [9.17, 15) is 78.0 Å². The van der Waals surface area contributed by atoms with Crippen LogP contribution in [0.1, 0.15) is 91.2 Å². The van der Waals surface area contributed by atoms with Crippen LogP contribution in [-0.4, -0.2) is 190 Å². The Balaban J connectivity index is 1.82. The van der Waals surface area contributed by atoms with Gasteiger partial charge < -0.3 is 84.2 Å². The third-order valence-electron chi connectivity index (χ3n) is 13.6. The number of phenolic OH excluding ortho intramolecular Hbond substituents is 1. The number of nitrogens with one attached hydrogen (secondary N) is 10. The number of carbonyl (C=O) groups excluding carboxylic acids is 11. The van der Waals surface area contributed by atoms with Crippen LogP contribution in [-0.2, 0) is 70.4 Å². The summed E-state index contributed by atoms with van der Waals surface area (Å²) in [4.78, 5) is 160. The largest absolute Gasteiger partial charge is 0.508 e. The summed E-state index contributed by atoms with van der Waals surface area (Å²) in [7, 11) is 0. The average molecular weight is 1170 g/mol. The number of likely N-dealkylation sites (tertiary alicyclic amines) is 1. The molecule has 0 saturated carbocycles. The van der Waals surface area contributed by atoms with Crippen LogP contribution in [0.4, 0.5) is 0 Å². The highest BCUT2D eigenvalue weighted by Gasteiger charge is 2.41. The van der Waals surface area contributed by atoms with E-state index in [2.05, 4.69) is 53.2 Å². The third-order valence-corrected chi connectivity index (χ3v) is 13.6. The number of phenols is 1. The van der Waals surface area contributed by atoms with Gasteiger partial charge in [0.05, 0.1) is 32.8 Å². The molecule has 1 heterocycles. The maximum atomic E-state index is 14.4. The summed E-state index contributed by atoms with van der Waals surface area (Å²) in [5, 5.41) is 64.7. The second-order valence-corrected chi connectivity index (χ2v) is 20.7. The highest BCUT2D eigenvalue weighted by Crippen LogP contribution is 2.22. The lowest BCUT2D eigenvalue weighted by molar-refractivity contribution is -0.146. The molecule has 83 heavy (non-hydrogen) atoms. The van der Waals surface area contributed by atoms with E-state index in [1.807, 2.05) is 0 Å². The van der Waals surface area contributed by atoms with Gasteiger partial charge in [0.15, 0.2) is 0 Å². The van der Waals surface area contributed by atoms with E-state index in [1.165, 1.54) is 36.1 Å². The lowest BCUT2D eigenvalue weighted by Crippen LogP contribution is -2.61. The quantitative estimate of drug-likeness (QED) is 0.0320. The number of amides is 11. The number of hydrogen-bond acceptors (Lipinski definition) is 16. The topological polar surface area (TPSA) is 435 Å². The molecule has 11 amide bonds. The summed E-state index contributed by atoms with van der Waals surface area (Å²) in [5.74, 6) is -11.2. The molecular weight excluding hydrogens is 1080 g/mol. The number of aliphatic hydroxyl groups is 2. The summed E-state index contributed by atoms with van der Waals surface area (Å²) in [5.41, 5.74) is 6.12. The highest BCUT2D eigenvalue weighted by atomic mass is 16.4. The minimum Gasteiger partial charge on any atom is -0.508 e. The Hall–Kier alpha value is -8.24. The number of nitrogens with zero attached hydrogens (tertiary/aromatic N) is 1. The van der Waals surface area contributed by atoms with Crippen LogP contribution in [0.25, 0.3) is 0 Å². The summed E-state index contributed by atoms with van der Waals surface area (Å²) in [6, 6.07) is 1.46. The number of carboxylic acid groups (broad SMARTS) is 1. The fraction of sp³-hybridized carbons (Fsp3) is 0.564. The number of carboxylic acids is 1. The number of aliphatic hydroxyl groups excluding tert-OH is 2. The highest BCUT2D eigenvalue weighted by molar-refractivity contribution is 5.99. The zero-order chi connectivity index (χ0) is 61.9. The number of hydrogen-bond donors (Lipinski definition) is 15. The zero-order valence-corrected chi connectivity index (χ0v) is 47.7. The number of carbonyl (C=O) groups is 12. The smallest absolute Gasteiger partial charge is 0.326 e. The molecule has 1 aliphatic rings. The second kappa shape index (κ2) is 34.9. The van der Waals surface area contributed by atoms with Crippen LogP contribution in [0.15, 0.2) is 54.6 Å². The molecule has 0 spiro atoms. The molecule has 28 nitrogen and oxygen atoms in total. The Kier molecular flexibility index (Phi) is 29.0. The molecule has 1 fully saturated rings. The molecule has 1 aliphatic heterocycles. The molecule has 2 aromatic carbocycles. The predicted octanol–water partition coefficient (Wildman–Crippen LogP) is -3.78. The first-order chi connectivity index (χ1) is 39.3. The van der Waals surface area contributed by atoms with Gasteiger partial charge in [0.1, 0.15) is 60.1 Å². The van der Waals surface area contributed by atoms with Crippen molar-refractivity contribution >= 4 is 70.9 Å². The van der Waals surface area contributed by atoms with E-state index in [0.717, 1.165) is 0 Å². The summed E-state index contributed by atoms with van der Waals surface area (Å²) >= 11 is 0. The second-order valence-electron chi connectivity index (χ2n) is 20.7. The molecule has 16 N–H and O–H groups in total. The molecular formula is C55H82N12O16. The van der Waals surface area contributed by atoms with Gasteiger partial charge in [-0.15, -0.1) is 0 Å². The van der Waals surface area contributed by atoms with Gasteiger partial charge in [-0.1, -0.05) is 89.9 Å². The fourth-order valence-electron chi connectivity index (χ4n) is 8.71. The van der Waals surface area contributed by atoms with E-state index in [0.29, 0.717) is 30.4 Å². The maximum Gasteiger partial charge on any atom is 0.326 e. The number of nitrogens with two attached hydrogens (primary N) is 1. The molecule has 0 bridgehead atoms. The van der Waals surface area contributed by atoms with Crippen LogP contribution < -0.4 is 58.9 Å². The van der Waals surface area contributed by atoms with Crippen LogP contribution in [0.3, 0.4) is 0 Å². The Labute approximate surface area is 481 Å². The number of benzene rings is 2. The SMILES string of the molecule is CCC[C@H](NC(=O)[C@H](CC(C)C)NC(=O)[C@H](Cc1ccc(O)cc1)NC(=O)[C@@H](CO)NC(=O)[C@H](Cc1ccccc1)NC(=O)[C@H](C)NC(=O)[C@@H](CO)NC(=O)CNC(=O)CNC(=O)CN)C(=O)N1CCC[C@H]1C(=O)N[C@H](C(=O)O)[C@@H](C)CC. The van der Waals surface area contributed by atoms with Gasteiger partial charge in [-0.3, -0.25) is 52.7 Å². The van der Waals surface area contributed by atoms with Gasteiger partial charge in [0, 0.05) is 19.4 Å². The van der Waals surface area contributed by atoms with Crippen molar-refractivity contribution in [3.63, 3.8) is 0 Å². The van der Waals surface area contributed by atoms with Gasteiger partial charge in [-0.2, -0.15) is 0 Å². The minimum absolute atomic E-state index is 0.0390. The van der Waals surface area contributed by atoms with Crippen molar-refractivity contribution in [2.45, 2.75) is 147 Å². The van der Waals surface area contributed by atoms with Crippen molar-refractivity contribution in [2.75, 3.05) is 39.4 Å². The van der Waals surface area contributed by atoms with Crippen LogP contribution >= 0.6 is 0 Å². The molecule has 3 rings (SSSR count). The number of aromatic hydroxyl groups is 1. The predicted molar refractivity (Wildman–Crippen MR) is 299 cm³/mol. The van der Waals surface area contributed by atoms with Crippen molar-refractivity contribution < 1.29 is 78.0 Å².